The number of carbonyl (C=O) groups is 1. The van der Waals surface area contributed by atoms with E-state index in [9.17, 15) is 13.2 Å². The van der Waals surface area contributed by atoms with E-state index in [4.69, 9.17) is 0 Å². The minimum Gasteiger partial charge on any atom is -0.357 e. The van der Waals surface area contributed by atoms with E-state index in [-0.39, 0.29) is 18.2 Å². The number of nitrogens with one attached hydrogen (secondary N) is 1. The molecule has 2 fully saturated rings. The lowest BCUT2D eigenvalue weighted by molar-refractivity contribution is -0.128. The summed E-state index contributed by atoms with van der Waals surface area (Å²) in [6.45, 7) is 8.69. The Morgan fingerprint density at radius 3 is 2.39 bits per heavy atom. The van der Waals surface area contributed by atoms with Crippen LogP contribution in [0, 0.1) is 0 Å². The van der Waals surface area contributed by atoms with Crippen molar-refractivity contribution in [3.8, 4) is 0 Å². The van der Waals surface area contributed by atoms with Gasteiger partial charge in [0.05, 0.1) is 10.5 Å². The molecular weight excluding hydrogens is 316 g/mol. The van der Waals surface area contributed by atoms with Crippen LogP contribution in [0.2, 0.25) is 0 Å². The summed E-state index contributed by atoms with van der Waals surface area (Å²) in [7, 11) is -3.09. The smallest absolute Gasteiger partial charge is 0.244 e. The lowest BCUT2D eigenvalue weighted by Gasteiger charge is -2.39. The average molecular weight is 344 g/mol. The van der Waals surface area contributed by atoms with Gasteiger partial charge in [-0.1, -0.05) is 0 Å². The van der Waals surface area contributed by atoms with E-state index in [1.807, 2.05) is 16.7 Å². The van der Waals surface area contributed by atoms with E-state index in [0.29, 0.717) is 25.6 Å². The highest BCUT2D eigenvalue weighted by molar-refractivity contribution is 7.92. The first-order valence-electron chi connectivity index (χ1n) is 8.30. The highest BCUT2D eigenvalue weighted by Crippen LogP contribution is 2.23. The van der Waals surface area contributed by atoms with Gasteiger partial charge in [0.15, 0.2) is 15.8 Å². The van der Waals surface area contributed by atoms with Crippen LogP contribution >= 0.6 is 0 Å². The van der Waals surface area contributed by atoms with Crippen LogP contribution in [0.3, 0.4) is 0 Å². The van der Waals surface area contributed by atoms with Crippen molar-refractivity contribution in [1.29, 1.82) is 0 Å². The molecule has 0 spiro atoms. The number of sulfone groups is 1. The molecule has 0 saturated carbocycles. The summed E-state index contributed by atoms with van der Waals surface area (Å²) in [5, 5.41) is 3.17. The van der Waals surface area contributed by atoms with Gasteiger partial charge < -0.3 is 15.1 Å². The number of nitrogens with zero attached hydrogens (tertiary/aromatic N) is 3. The Kier molecular flexibility index (Phi) is 5.54. The van der Waals surface area contributed by atoms with Gasteiger partial charge in [0.2, 0.25) is 5.91 Å². The lowest BCUT2D eigenvalue weighted by Crippen LogP contribution is -2.57. The van der Waals surface area contributed by atoms with Gasteiger partial charge >= 0.3 is 0 Å². The Hall–Kier alpha value is -1.31. The topological polar surface area (TPSA) is 82.1 Å². The molecule has 0 unspecified atom stereocenters. The summed E-state index contributed by atoms with van der Waals surface area (Å²) in [6, 6.07) is 0. The quantitative estimate of drug-likeness (QED) is 0.579. The van der Waals surface area contributed by atoms with Crippen molar-refractivity contribution < 1.29 is 13.2 Å². The van der Waals surface area contributed by atoms with Crippen LogP contribution < -0.4 is 5.32 Å². The second-order valence-electron chi connectivity index (χ2n) is 6.76. The van der Waals surface area contributed by atoms with Crippen LogP contribution in [-0.4, -0.2) is 79.9 Å². The second-order valence-corrected chi connectivity index (χ2v) is 9.50. The Morgan fingerprint density at radius 1 is 1.17 bits per heavy atom. The first kappa shape index (κ1) is 18.0. The number of carbonyl (C=O) groups excluding carboxylic acids is 1. The van der Waals surface area contributed by atoms with Gasteiger partial charge in [0, 0.05) is 32.7 Å². The molecule has 1 N–H and O–H groups in total. The molecule has 2 saturated heterocycles. The summed E-state index contributed by atoms with van der Waals surface area (Å²) in [6.07, 6.45) is 2.13. The first-order valence-corrected chi connectivity index (χ1v) is 9.95. The highest BCUT2D eigenvalue weighted by atomic mass is 32.2. The molecule has 132 valence electrons. The van der Waals surface area contributed by atoms with Gasteiger partial charge in [-0.3, -0.25) is 4.79 Å². The fraction of sp³-hybridized carbons (Fsp3) is 0.867. The molecule has 1 amide bonds. The third kappa shape index (κ3) is 4.16. The standard InChI is InChI=1S/C15H28N4O3S/c1-4-16-14(17-11-13(20)18-7-5-6-8-18)19-9-10-23(21,22)15(2,3)12-19/h4-12H2,1-3H3,(H,16,17). The van der Waals surface area contributed by atoms with Crippen molar-refractivity contribution in [3.05, 3.63) is 0 Å². The van der Waals surface area contributed by atoms with Gasteiger partial charge in [-0.25, -0.2) is 13.4 Å². The van der Waals surface area contributed by atoms with Crippen molar-refractivity contribution in [1.82, 2.24) is 15.1 Å². The third-order valence-corrected chi connectivity index (χ3v) is 7.03. The predicted molar refractivity (Wildman–Crippen MR) is 91.2 cm³/mol. The van der Waals surface area contributed by atoms with Crippen LogP contribution in [0.4, 0.5) is 0 Å². The number of hydrogen-bond donors (Lipinski definition) is 1. The minimum absolute atomic E-state index is 0.0433. The molecule has 23 heavy (non-hydrogen) atoms. The van der Waals surface area contributed by atoms with E-state index in [2.05, 4.69) is 10.3 Å². The molecule has 2 aliphatic rings. The van der Waals surface area contributed by atoms with Crippen molar-refractivity contribution in [3.63, 3.8) is 0 Å². The van der Waals surface area contributed by atoms with Crippen molar-refractivity contribution in [2.45, 2.75) is 38.4 Å². The third-order valence-electron chi connectivity index (χ3n) is 4.50. The molecule has 2 rings (SSSR count). The number of rotatable bonds is 3. The summed E-state index contributed by atoms with van der Waals surface area (Å²) >= 11 is 0. The first-order chi connectivity index (χ1) is 10.8. The van der Waals surface area contributed by atoms with Crippen molar-refractivity contribution >= 4 is 21.7 Å². The number of hydrogen-bond acceptors (Lipinski definition) is 4. The van der Waals surface area contributed by atoms with E-state index in [1.54, 1.807) is 13.8 Å². The Labute approximate surface area is 139 Å². The zero-order chi connectivity index (χ0) is 17.1. The highest BCUT2D eigenvalue weighted by Gasteiger charge is 2.41. The maximum absolute atomic E-state index is 12.1. The molecule has 0 aromatic carbocycles. The van der Waals surface area contributed by atoms with Gasteiger partial charge in [0.25, 0.3) is 0 Å². The monoisotopic (exact) mass is 344 g/mol. The number of aliphatic imine (C=N–C) groups is 1. The average Bonchev–Trinajstić information content (AvgIpc) is 3.00. The van der Waals surface area contributed by atoms with Crippen LogP contribution in [0.15, 0.2) is 4.99 Å². The van der Waals surface area contributed by atoms with E-state index < -0.39 is 14.6 Å². The van der Waals surface area contributed by atoms with Crippen LogP contribution in [0.1, 0.15) is 33.6 Å². The molecule has 0 aromatic rings. The minimum atomic E-state index is -3.09. The van der Waals surface area contributed by atoms with Gasteiger partial charge in [-0.15, -0.1) is 0 Å². The van der Waals surface area contributed by atoms with Crippen LogP contribution in [-0.2, 0) is 14.6 Å². The molecule has 0 aromatic heterocycles. The van der Waals surface area contributed by atoms with E-state index >= 15 is 0 Å². The Balaban J connectivity index is 2.05. The SMILES string of the molecule is CCNC(=NCC(=O)N1CCCC1)N1CCS(=O)(=O)C(C)(C)C1. The fourth-order valence-electron chi connectivity index (χ4n) is 2.96. The molecule has 8 heteroatoms. The summed E-state index contributed by atoms with van der Waals surface area (Å²) < 4.78 is 23.4. The molecule has 0 radical (unpaired) electrons. The molecule has 0 aliphatic carbocycles. The van der Waals surface area contributed by atoms with Gasteiger partial charge in [-0.2, -0.15) is 0 Å². The predicted octanol–water partition coefficient (Wildman–Crippen LogP) is 0.0833. The maximum Gasteiger partial charge on any atom is 0.244 e. The normalized spacial score (nSPS) is 23.9. The molecular formula is C15H28N4O3S. The zero-order valence-electron chi connectivity index (χ0n) is 14.3. The Bertz CT molecular complexity index is 565. The molecule has 0 bridgehead atoms. The van der Waals surface area contributed by atoms with Crippen molar-refractivity contribution in [2.24, 2.45) is 4.99 Å². The van der Waals surface area contributed by atoms with Crippen molar-refractivity contribution in [2.75, 3.05) is 45.0 Å². The number of guanidine groups is 1. The fourth-order valence-corrected chi connectivity index (χ4v) is 4.33. The second kappa shape index (κ2) is 7.07. The largest absolute Gasteiger partial charge is 0.357 e. The molecule has 2 aliphatic heterocycles. The van der Waals surface area contributed by atoms with Crippen LogP contribution in [0.25, 0.3) is 0 Å². The molecule has 7 nitrogen and oxygen atoms in total. The van der Waals surface area contributed by atoms with Gasteiger partial charge in [0.1, 0.15) is 6.54 Å². The van der Waals surface area contributed by atoms with E-state index in [1.165, 1.54) is 0 Å². The summed E-state index contributed by atoms with van der Waals surface area (Å²) in [5.41, 5.74) is 0. The summed E-state index contributed by atoms with van der Waals surface area (Å²) in [4.78, 5) is 20.4. The van der Waals surface area contributed by atoms with E-state index in [0.717, 1.165) is 25.9 Å². The number of amides is 1. The van der Waals surface area contributed by atoms with Gasteiger partial charge in [-0.05, 0) is 33.6 Å². The Morgan fingerprint density at radius 2 is 1.83 bits per heavy atom. The molecule has 2 heterocycles. The number of likely N-dealkylation sites (tertiary alicyclic amines) is 1. The zero-order valence-corrected chi connectivity index (χ0v) is 15.2. The summed E-state index contributed by atoms with van der Waals surface area (Å²) in [5.74, 6) is 0.787. The lowest BCUT2D eigenvalue weighted by atomic mass is 10.2. The van der Waals surface area contributed by atoms with Crippen LogP contribution in [0.5, 0.6) is 0 Å². The molecule has 0 atom stereocenters. The maximum atomic E-state index is 12.1.